The normalized spacial score (nSPS) is 15.9. The Morgan fingerprint density at radius 2 is 1.90 bits per heavy atom. The topological polar surface area (TPSA) is 94.8 Å². The Balaban J connectivity index is 1.67. The van der Waals surface area contributed by atoms with E-state index in [1.807, 2.05) is 16.8 Å². The Bertz CT molecular complexity index is 870. The molecule has 3 rings (SSSR count). The number of benzene rings is 1. The Morgan fingerprint density at radius 1 is 1.16 bits per heavy atom. The SMILES string of the molecule is CCNC(=NCCc1c(OC)cc(OC)cc1OC)NC1CCc2nc(CC)nn2C1. The van der Waals surface area contributed by atoms with Gasteiger partial charge in [-0.15, -0.1) is 0 Å². The van der Waals surface area contributed by atoms with Crippen molar-refractivity contribution < 1.29 is 14.2 Å². The van der Waals surface area contributed by atoms with Crippen molar-refractivity contribution >= 4 is 5.96 Å². The summed E-state index contributed by atoms with van der Waals surface area (Å²) in [5.41, 5.74) is 0.974. The summed E-state index contributed by atoms with van der Waals surface area (Å²) in [4.78, 5) is 9.37. The highest BCUT2D eigenvalue weighted by atomic mass is 16.5. The van der Waals surface area contributed by atoms with E-state index in [0.717, 1.165) is 67.0 Å². The van der Waals surface area contributed by atoms with Gasteiger partial charge in [0, 0.05) is 49.7 Å². The summed E-state index contributed by atoms with van der Waals surface area (Å²) in [6, 6.07) is 4.00. The Kier molecular flexibility index (Phi) is 7.97. The molecule has 1 aliphatic rings. The number of hydrogen-bond donors (Lipinski definition) is 2. The molecule has 170 valence electrons. The van der Waals surface area contributed by atoms with E-state index in [-0.39, 0.29) is 6.04 Å². The third-order valence-corrected chi connectivity index (χ3v) is 5.35. The maximum atomic E-state index is 5.55. The Morgan fingerprint density at radius 3 is 2.52 bits per heavy atom. The monoisotopic (exact) mass is 430 g/mol. The maximum absolute atomic E-state index is 5.55. The number of aliphatic imine (C=N–C) groups is 1. The van der Waals surface area contributed by atoms with Crippen LogP contribution in [0.3, 0.4) is 0 Å². The highest BCUT2D eigenvalue weighted by molar-refractivity contribution is 5.80. The molecule has 1 aliphatic heterocycles. The van der Waals surface area contributed by atoms with Crippen molar-refractivity contribution in [1.82, 2.24) is 25.4 Å². The lowest BCUT2D eigenvalue weighted by Crippen LogP contribution is -2.47. The average Bonchev–Trinajstić information content (AvgIpc) is 3.21. The zero-order valence-electron chi connectivity index (χ0n) is 19.2. The zero-order valence-corrected chi connectivity index (χ0v) is 19.2. The number of nitrogens with zero attached hydrogens (tertiary/aromatic N) is 4. The van der Waals surface area contributed by atoms with E-state index in [1.165, 1.54) is 0 Å². The Hall–Kier alpha value is -2.97. The predicted molar refractivity (Wildman–Crippen MR) is 120 cm³/mol. The molecule has 0 saturated carbocycles. The minimum Gasteiger partial charge on any atom is -0.496 e. The van der Waals surface area contributed by atoms with Gasteiger partial charge in [0.15, 0.2) is 11.8 Å². The molecule has 0 fully saturated rings. The van der Waals surface area contributed by atoms with Gasteiger partial charge in [-0.05, 0) is 19.8 Å². The van der Waals surface area contributed by atoms with Crippen LogP contribution in [0.5, 0.6) is 17.2 Å². The van der Waals surface area contributed by atoms with E-state index in [1.54, 1.807) is 21.3 Å². The van der Waals surface area contributed by atoms with Crippen LogP contribution in [0.2, 0.25) is 0 Å². The molecule has 0 aliphatic carbocycles. The lowest BCUT2D eigenvalue weighted by molar-refractivity contribution is 0.369. The van der Waals surface area contributed by atoms with Gasteiger partial charge in [0.1, 0.15) is 23.1 Å². The smallest absolute Gasteiger partial charge is 0.191 e. The zero-order chi connectivity index (χ0) is 22.2. The van der Waals surface area contributed by atoms with Crippen molar-refractivity contribution in [3.8, 4) is 17.2 Å². The fraction of sp³-hybridized carbons (Fsp3) is 0.591. The van der Waals surface area contributed by atoms with E-state index in [4.69, 9.17) is 19.2 Å². The first-order valence-corrected chi connectivity index (χ1v) is 10.9. The van der Waals surface area contributed by atoms with E-state index in [0.29, 0.717) is 18.7 Å². The summed E-state index contributed by atoms with van der Waals surface area (Å²) in [5, 5.41) is 11.5. The van der Waals surface area contributed by atoms with E-state index >= 15 is 0 Å². The van der Waals surface area contributed by atoms with Crippen LogP contribution in [0.25, 0.3) is 0 Å². The summed E-state index contributed by atoms with van der Waals surface area (Å²) in [7, 11) is 4.93. The van der Waals surface area contributed by atoms with Crippen LogP contribution in [0.1, 0.15) is 37.5 Å². The molecule has 0 saturated heterocycles. The molecule has 31 heavy (non-hydrogen) atoms. The lowest BCUT2D eigenvalue weighted by Gasteiger charge is -2.25. The van der Waals surface area contributed by atoms with Crippen molar-refractivity contribution in [2.45, 2.75) is 52.1 Å². The molecule has 1 aromatic carbocycles. The van der Waals surface area contributed by atoms with Gasteiger partial charge in [-0.1, -0.05) is 6.92 Å². The fourth-order valence-corrected chi connectivity index (χ4v) is 3.75. The van der Waals surface area contributed by atoms with Crippen LogP contribution >= 0.6 is 0 Å². The number of methoxy groups -OCH3 is 3. The third-order valence-electron chi connectivity index (χ3n) is 5.35. The number of nitrogens with one attached hydrogen (secondary N) is 2. The standard InChI is InChI=1S/C22H34N6O3/c1-6-20-26-21-9-8-15(14-28(21)27-20)25-22(23-7-2)24-11-10-17-18(30-4)12-16(29-3)13-19(17)31-5/h12-13,15H,6-11,14H2,1-5H3,(H2,23,24,25). The number of fused-ring (bicyclic) bond motifs is 1. The van der Waals surface area contributed by atoms with Gasteiger partial charge >= 0.3 is 0 Å². The number of guanidine groups is 1. The highest BCUT2D eigenvalue weighted by Crippen LogP contribution is 2.34. The van der Waals surface area contributed by atoms with E-state index < -0.39 is 0 Å². The number of aromatic nitrogens is 3. The van der Waals surface area contributed by atoms with Crippen molar-refractivity contribution in [2.75, 3.05) is 34.4 Å². The van der Waals surface area contributed by atoms with Crippen LogP contribution in [-0.2, 0) is 25.8 Å². The molecule has 0 spiro atoms. The predicted octanol–water partition coefficient (Wildman–Crippen LogP) is 1.98. The molecule has 2 heterocycles. The van der Waals surface area contributed by atoms with Crippen molar-refractivity contribution in [3.63, 3.8) is 0 Å². The molecule has 2 aromatic rings. The Labute approximate surface area is 184 Å². The maximum Gasteiger partial charge on any atom is 0.191 e. The van der Waals surface area contributed by atoms with Crippen molar-refractivity contribution in [1.29, 1.82) is 0 Å². The molecule has 0 amide bonds. The molecule has 1 atom stereocenters. The molecule has 9 heteroatoms. The summed E-state index contributed by atoms with van der Waals surface area (Å²) < 4.78 is 18.4. The van der Waals surface area contributed by atoms with Crippen molar-refractivity contribution in [2.24, 2.45) is 4.99 Å². The highest BCUT2D eigenvalue weighted by Gasteiger charge is 2.22. The van der Waals surface area contributed by atoms with Crippen LogP contribution in [0, 0.1) is 0 Å². The molecule has 9 nitrogen and oxygen atoms in total. The van der Waals surface area contributed by atoms with Crippen LogP contribution in [0.4, 0.5) is 0 Å². The van der Waals surface area contributed by atoms with Gasteiger partial charge in [-0.3, -0.25) is 4.99 Å². The van der Waals surface area contributed by atoms with E-state index in [9.17, 15) is 0 Å². The molecular formula is C22H34N6O3. The molecule has 1 unspecified atom stereocenters. The van der Waals surface area contributed by atoms with Crippen LogP contribution in [0.15, 0.2) is 17.1 Å². The first-order valence-electron chi connectivity index (χ1n) is 10.9. The van der Waals surface area contributed by atoms with Gasteiger partial charge in [0.05, 0.1) is 27.9 Å². The second kappa shape index (κ2) is 10.9. The number of rotatable bonds is 9. The molecule has 1 aromatic heterocycles. The molecule has 0 radical (unpaired) electrons. The van der Waals surface area contributed by atoms with Crippen LogP contribution in [-0.4, -0.2) is 61.2 Å². The molecule has 0 bridgehead atoms. The minimum atomic E-state index is 0.266. The average molecular weight is 431 g/mol. The fourth-order valence-electron chi connectivity index (χ4n) is 3.75. The third kappa shape index (κ3) is 5.59. The van der Waals surface area contributed by atoms with Gasteiger partial charge in [0.2, 0.25) is 0 Å². The quantitative estimate of drug-likeness (QED) is 0.464. The summed E-state index contributed by atoms with van der Waals surface area (Å²) in [6.07, 6.45) is 3.47. The largest absolute Gasteiger partial charge is 0.496 e. The first-order chi connectivity index (χ1) is 15.1. The number of hydrogen-bond acceptors (Lipinski definition) is 6. The second-order valence-corrected chi connectivity index (χ2v) is 7.38. The minimum absolute atomic E-state index is 0.266. The second-order valence-electron chi connectivity index (χ2n) is 7.38. The van der Waals surface area contributed by atoms with Gasteiger partial charge in [-0.25, -0.2) is 9.67 Å². The van der Waals surface area contributed by atoms with Gasteiger partial charge < -0.3 is 24.8 Å². The summed E-state index contributed by atoms with van der Waals surface area (Å²) >= 11 is 0. The lowest BCUT2D eigenvalue weighted by atomic mass is 10.1. The molecular weight excluding hydrogens is 396 g/mol. The van der Waals surface area contributed by atoms with Crippen LogP contribution < -0.4 is 24.8 Å². The number of aryl methyl sites for hydroxylation is 2. The van der Waals surface area contributed by atoms with Gasteiger partial charge in [0.25, 0.3) is 0 Å². The van der Waals surface area contributed by atoms with E-state index in [2.05, 4.69) is 34.6 Å². The first kappa shape index (κ1) is 22.7. The van der Waals surface area contributed by atoms with Gasteiger partial charge in [-0.2, -0.15) is 5.10 Å². The summed E-state index contributed by atoms with van der Waals surface area (Å²) in [5.74, 6) is 4.98. The summed E-state index contributed by atoms with van der Waals surface area (Å²) in [6.45, 7) is 6.33. The number of ether oxygens (including phenoxy) is 3. The molecule has 2 N–H and O–H groups in total. The van der Waals surface area contributed by atoms with Crippen molar-refractivity contribution in [3.05, 3.63) is 29.3 Å².